The quantitative estimate of drug-likeness (QED) is 0.795. The van der Waals surface area contributed by atoms with Crippen LogP contribution in [0.15, 0.2) is 41.4 Å². The van der Waals surface area contributed by atoms with Gasteiger partial charge in [0.05, 0.1) is 10.6 Å². The van der Waals surface area contributed by atoms with Crippen LogP contribution in [0.1, 0.15) is 5.69 Å². The van der Waals surface area contributed by atoms with Gasteiger partial charge in [-0.3, -0.25) is 0 Å². The molecule has 0 radical (unpaired) electrons. The van der Waals surface area contributed by atoms with Gasteiger partial charge in [-0.25, -0.2) is 13.1 Å². The Kier molecular flexibility index (Phi) is 2.55. The smallest absolute Gasteiger partial charge is 0.175 e. The van der Waals surface area contributed by atoms with Gasteiger partial charge in [-0.05, 0) is 37.3 Å². The van der Waals surface area contributed by atoms with Crippen LogP contribution in [0.5, 0.6) is 0 Å². The third-order valence-corrected chi connectivity index (χ3v) is 3.47. The van der Waals surface area contributed by atoms with Crippen LogP contribution in [0.2, 0.25) is 0 Å². The number of hydrogen-bond acceptors (Lipinski definition) is 3. The summed E-state index contributed by atoms with van der Waals surface area (Å²) in [6.45, 7) is 1.94. The van der Waals surface area contributed by atoms with Gasteiger partial charge in [0.25, 0.3) is 0 Å². The van der Waals surface area contributed by atoms with Crippen molar-refractivity contribution in [3.05, 3.63) is 42.2 Å². The summed E-state index contributed by atoms with van der Waals surface area (Å²) in [6, 6.07) is 8.56. The Hall–Kier alpha value is -1.62. The molecule has 0 amide bonds. The molecule has 0 aliphatic carbocycles. The molecule has 84 valence electrons. The van der Waals surface area contributed by atoms with Gasteiger partial charge in [-0.1, -0.05) is 0 Å². The van der Waals surface area contributed by atoms with E-state index in [-0.39, 0.29) is 0 Å². The van der Waals surface area contributed by atoms with Gasteiger partial charge in [-0.2, -0.15) is 5.10 Å². The highest BCUT2D eigenvalue weighted by atomic mass is 32.2. The zero-order valence-corrected chi connectivity index (χ0v) is 9.90. The third kappa shape index (κ3) is 1.99. The number of hydrogen-bond donors (Lipinski definition) is 0. The second-order valence-corrected chi connectivity index (χ2v) is 5.67. The first-order chi connectivity index (χ1) is 7.48. The zero-order chi connectivity index (χ0) is 11.8. The summed E-state index contributed by atoms with van der Waals surface area (Å²) < 4.78 is 24.3. The van der Waals surface area contributed by atoms with E-state index in [2.05, 4.69) is 5.10 Å². The molecule has 0 aliphatic rings. The number of aryl methyl sites for hydroxylation is 1. The SMILES string of the molecule is Cc1ccnn1-c1ccc(S(C)(=O)=O)cc1. The molecule has 1 aromatic carbocycles. The van der Waals surface area contributed by atoms with Crippen molar-refractivity contribution in [2.75, 3.05) is 6.26 Å². The van der Waals surface area contributed by atoms with E-state index in [9.17, 15) is 8.42 Å². The van der Waals surface area contributed by atoms with Crippen molar-refractivity contribution in [3.8, 4) is 5.69 Å². The maximum Gasteiger partial charge on any atom is 0.175 e. The van der Waals surface area contributed by atoms with Crippen LogP contribution in [0, 0.1) is 6.92 Å². The van der Waals surface area contributed by atoms with E-state index >= 15 is 0 Å². The molecule has 0 saturated carbocycles. The molecule has 1 heterocycles. The van der Waals surface area contributed by atoms with Crippen molar-refractivity contribution in [2.24, 2.45) is 0 Å². The first-order valence-electron chi connectivity index (χ1n) is 4.79. The van der Waals surface area contributed by atoms with E-state index in [1.807, 2.05) is 13.0 Å². The fourth-order valence-corrected chi connectivity index (χ4v) is 2.10. The highest BCUT2D eigenvalue weighted by Crippen LogP contribution is 2.14. The van der Waals surface area contributed by atoms with Crippen LogP contribution in [0.25, 0.3) is 5.69 Å². The molecular weight excluding hydrogens is 224 g/mol. The van der Waals surface area contributed by atoms with E-state index < -0.39 is 9.84 Å². The molecule has 4 nitrogen and oxygen atoms in total. The van der Waals surface area contributed by atoms with Gasteiger partial charge >= 0.3 is 0 Å². The van der Waals surface area contributed by atoms with Gasteiger partial charge in [0.1, 0.15) is 0 Å². The predicted molar refractivity (Wildman–Crippen MR) is 61.4 cm³/mol. The second-order valence-electron chi connectivity index (χ2n) is 3.65. The molecule has 0 spiro atoms. The Morgan fingerprint density at radius 2 is 1.75 bits per heavy atom. The Balaban J connectivity index is 2.45. The lowest BCUT2D eigenvalue weighted by molar-refractivity contribution is 0.602. The average molecular weight is 236 g/mol. The van der Waals surface area contributed by atoms with Crippen molar-refractivity contribution in [1.82, 2.24) is 9.78 Å². The maximum atomic E-state index is 11.3. The molecule has 2 aromatic rings. The van der Waals surface area contributed by atoms with E-state index in [0.717, 1.165) is 11.4 Å². The summed E-state index contributed by atoms with van der Waals surface area (Å²) >= 11 is 0. The van der Waals surface area contributed by atoms with Crippen molar-refractivity contribution in [3.63, 3.8) is 0 Å². The summed E-state index contributed by atoms with van der Waals surface area (Å²) in [5.41, 5.74) is 1.86. The summed E-state index contributed by atoms with van der Waals surface area (Å²) in [5, 5.41) is 4.15. The predicted octanol–water partition coefficient (Wildman–Crippen LogP) is 1.58. The number of rotatable bonds is 2. The maximum absolute atomic E-state index is 11.3. The number of benzene rings is 1. The number of aromatic nitrogens is 2. The minimum atomic E-state index is -3.13. The summed E-state index contributed by atoms with van der Waals surface area (Å²) in [5.74, 6) is 0. The molecule has 5 heteroatoms. The average Bonchev–Trinajstić information content (AvgIpc) is 2.63. The third-order valence-electron chi connectivity index (χ3n) is 2.34. The fraction of sp³-hybridized carbons (Fsp3) is 0.182. The molecule has 0 saturated heterocycles. The molecule has 0 N–H and O–H groups in total. The van der Waals surface area contributed by atoms with Gasteiger partial charge in [0.2, 0.25) is 0 Å². The molecule has 1 aromatic heterocycles. The highest BCUT2D eigenvalue weighted by molar-refractivity contribution is 7.90. The van der Waals surface area contributed by atoms with Crippen LogP contribution in [-0.4, -0.2) is 24.5 Å². The largest absolute Gasteiger partial charge is 0.238 e. The lowest BCUT2D eigenvalue weighted by atomic mass is 10.3. The van der Waals surface area contributed by atoms with Crippen LogP contribution >= 0.6 is 0 Å². The molecule has 0 unspecified atom stereocenters. The standard InChI is InChI=1S/C11H12N2O2S/c1-9-7-8-12-13(9)10-3-5-11(6-4-10)16(2,14)15/h3-8H,1-2H3. The van der Waals surface area contributed by atoms with Crippen molar-refractivity contribution in [2.45, 2.75) is 11.8 Å². The van der Waals surface area contributed by atoms with Gasteiger partial charge in [-0.15, -0.1) is 0 Å². The summed E-state index contributed by atoms with van der Waals surface area (Å²) in [7, 11) is -3.13. The first kappa shape index (κ1) is 10.9. The molecular formula is C11H12N2O2S. The molecule has 0 bridgehead atoms. The van der Waals surface area contributed by atoms with E-state index in [0.29, 0.717) is 4.90 Å². The van der Waals surface area contributed by atoms with Gasteiger partial charge < -0.3 is 0 Å². The molecule has 0 atom stereocenters. The second kappa shape index (κ2) is 3.75. The Labute approximate surface area is 94.5 Å². The minimum Gasteiger partial charge on any atom is -0.238 e. The Morgan fingerprint density at radius 3 is 2.19 bits per heavy atom. The summed E-state index contributed by atoms with van der Waals surface area (Å²) in [6.07, 6.45) is 2.90. The summed E-state index contributed by atoms with van der Waals surface area (Å²) in [4.78, 5) is 0.320. The van der Waals surface area contributed by atoms with Gasteiger partial charge in [0, 0.05) is 18.1 Å². The van der Waals surface area contributed by atoms with E-state index in [1.54, 1.807) is 35.1 Å². The van der Waals surface area contributed by atoms with Crippen molar-refractivity contribution >= 4 is 9.84 Å². The zero-order valence-electron chi connectivity index (χ0n) is 9.08. The Morgan fingerprint density at radius 1 is 1.12 bits per heavy atom. The van der Waals surface area contributed by atoms with Gasteiger partial charge in [0.15, 0.2) is 9.84 Å². The first-order valence-corrected chi connectivity index (χ1v) is 6.69. The molecule has 2 rings (SSSR count). The fourth-order valence-electron chi connectivity index (χ4n) is 1.47. The lowest BCUT2D eigenvalue weighted by Gasteiger charge is -2.05. The van der Waals surface area contributed by atoms with Crippen molar-refractivity contribution < 1.29 is 8.42 Å². The normalized spacial score (nSPS) is 11.6. The molecule has 16 heavy (non-hydrogen) atoms. The topological polar surface area (TPSA) is 52.0 Å². The number of sulfone groups is 1. The monoisotopic (exact) mass is 236 g/mol. The minimum absolute atomic E-state index is 0.320. The number of nitrogens with zero attached hydrogens (tertiary/aromatic N) is 2. The molecule has 0 fully saturated rings. The lowest BCUT2D eigenvalue weighted by Crippen LogP contribution is -2.00. The highest BCUT2D eigenvalue weighted by Gasteiger charge is 2.07. The van der Waals surface area contributed by atoms with E-state index in [1.165, 1.54) is 6.26 Å². The van der Waals surface area contributed by atoms with Crippen LogP contribution in [0.4, 0.5) is 0 Å². The Bertz CT molecular complexity index is 597. The van der Waals surface area contributed by atoms with E-state index in [4.69, 9.17) is 0 Å². The molecule has 0 aliphatic heterocycles. The van der Waals surface area contributed by atoms with Crippen LogP contribution in [0.3, 0.4) is 0 Å². The van der Waals surface area contributed by atoms with Crippen LogP contribution < -0.4 is 0 Å². The van der Waals surface area contributed by atoms with Crippen molar-refractivity contribution in [1.29, 1.82) is 0 Å². The van der Waals surface area contributed by atoms with Crippen LogP contribution in [-0.2, 0) is 9.84 Å².